The molecule has 6 nitrogen and oxygen atoms in total. The third kappa shape index (κ3) is 3.53. The number of guanidine groups is 1. The van der Waals surface area contributed by atoms with Gasteiger partial charge in [-0.05, 0) is 12.8 Å². The Kier molecular flexibility index (Phi) is 5.98. The van der Waals surface area contributed by atoms with Crippen molar-refractivity contribution in [3.05, 3.63) is 0 Å². The third-order valence-electron chi connectivity index (χ3n) is 5.10. The van der Waals surface area contributed by atoms with Crippen LogP contribution < -0.4 is 5.32 Å². The number of halogens is 1. The quantitative estimate of drug-likeness (QED) is 0.394. The fourth-order valence-corrected chi connectivity index (χ4v) is 4.63. The number of fused-ring (bicyclic) bond motifs is 5. The number of sulfone groups is 1. The lowest BCUT2D eigenvalue weighted by molar-refractivity contribution is 0.0767. The third-order valence-corrected chi connectivity index (χ3v) is 6.81. The van der Waals surface area contributed by atoms with Gasteiger partial charge in [-0.1, -0.05) is 6.92 Å². The second-order valence-electron chi connectivity index (χ2n) is 6.23. The number of nitrogens with zero attached hydrogens (tertiary/aromatic N) is 2. The summed E-state index contributed by atoms with van der Waals surface area (Å²) in [5.41, 5.74) is 0. The van der Waals surface area contributed by atoms with Gasteiger partial charge >= 0.3 is 0 Å². The molecule has 22 heavy (non-hydrogen) atoms. The standard InChI is InChI=1S/C14H25N3O3S.HI/c1-3-21(18,19)7-6-16-14(15-2)17-8-10-11(9-17)13-5-4-12(10)20-13;/h10-13H,3-9H2,1-2H3,(H,15,16);1H. The molecule has 0 spiro atoms. The highest BCUT2D eigenvalue weighted by Gasteiger charge is 2.53. The van der Waals surface area contributed by atoms with E-state index in [0.717, 1.165) is 19.0 Å². The highest BCUT2D eigenvalue weighted by atomic mass is 127. The van der Waals surface area contributed by atoms with Crippen LogP contribution in [0.5, 0.6) is 0 Å². The Morgan fingerprint density at radius 3 is 2.36 bits per heavy atom. The first-order chi connectivity index (χ1) is 10.0. The van der Waals surface area contributed by atoms with Crippen molar-refractivity contribution in [2.75, 3.05) is 38.2 Å². The number of aliphatic imine (C=N–C) groups is 1. The molecule has 0 aromatic rings. The van der Waals surface area contributed by atoms with E-state index in [0.29, 0.717) is 30.6 Å². The zero-order valence-electron chi connectivity index (χ0n) is 13.2. The van der Waals surface area contributed by atoms with Crippen LogP contribution in [-0.4, -0.2) is 69.7 Å². The van der Waals surface area contributed by atoms with Gasteiger partial charge in [0.15, 0.2) is 15.8 Å². The van der Waals surface area contributed by atoms with Crippen LogP contribution >= 0.6 is 24.0 Å². The van der Waals surface area contributed by atoms with Gasteiger partial charge in [0, 0.05) is 44.3 Å². The number of likely N-dealkylation sites (tertiary alicyclic amines) is 1. The van der Waals surface area contributed by atoms with E-state index < -0.39 is 9.84 Å². The predicted octanol–water partition coefficient (Wildman–Crippen LogP) is 0.724. The Hall–Kier alpha value is -0.0900. The first-order valence-electron chi connectivity index (χ1n) is 7.85. The fraction of sp³-hybridized carbons (Fsp3) is 0.929. The van der Waals surface area contributed by atoms with E-state index in [9.17, 15) is 8.42 Å². The van der Waals surface area contributed by atoms with Crippen LogP contribution in [0.1, 0.15) is 19.8 Å². The van der Waals surface area contributed by atoms with E-state index in [1.54, 1.807) is 14.0 Å². The van der Waals surface area contributed by atoms with Crippen molar-refractivity contribution in [1.29, 1.82) is 0 Å². The molecule has 0 aromatic carbocycles. The molecule has 0 amide bonds. The molecular weight excluding hydrogens is 417 g/mol. The molecule has 1 N–H and O–H groups in total. The van der Waals surface area contributed by atoms with Crippen LogP contribution in [0.3, 0.4) is 0 Å². The van der Waals surface area contributed by atoms with E-state index in [2.05, 4.69) is 15.2 Å². The number of hydrogen-bond donors (Lipinski definition) is 1. The minimum atomic E-state index is -2.93. The highest BCUT2D eigenvalue weighted by molar-refractivity contribution is 14.0. The van der Waals surface area contributed by atoms with Gasteiger partial charge in [0.1, 0.15) is 0 Å². The molecule has 3 aliphatic heterocycles. The molecule has 0 aliphatic carbocycles. The van der Waals surface area contributed by atoms with Crippen molar-refractivity contribution < 1.29 is 13.2 Å². The van der Waals surface area contributed by atoms with Gasteiger partial charge in [0.05, 0.1) is 18.0 Å². The normalized spacial score (nSPS) is 33.7. The summed E-state index contributed by atoms with van der Waals surface area (Å²) in [6.07, 6.45) is 3.26. The molecule has 3 heterocycles. The summed E-state index contributed by atoms with van der Waals surface area (Å²) in [6.45, 7) is 4.07. The Balaban J connectivity index is 0.00000176. The summed E-state index contributed by atoms with van der Waals surface area (Å²) in [4.78, 5) is 6.57. The maximum Gasteiger partial charge on any atom is 0.193 e. The fourth-order valence-electron chi connectivity index (χ4n) is 3.93. The number of rotatable bonds is 4. The molecule has 3 aliphatic rings. The first kappa shape index (κ1) is 18.3. The second-order valence-corrected chi connectivity index (χ2v) is 8.71. The molecule has 0 saturated carbocycles. The lowest BCUT2D eigenvalue weighted by Crippen LogP contribution is -2.43. The summed E-state index contributed by atoms with van der Waals surface area (Å²) < 4.78 is 29.0. The molecule has 0 radical (unpaired) electrons. The molecule has 0 aromatic heterocycles. The van der Waals surface area contributed by atoms with Crippen LogP contribution in [0.25, 0.3) is 0 Å². The Morgan fingerprint density at radius 1 is 1.27 bits per heavy atom. The van der Waals surface area contributed by atoms with Crippen LogP contribution in [0.15, 0.2) is 4.99 Å². The van der Waals surface area contributed by atoms with Gasteiger partial charge in [-0.3, -0.25) is 4.99 Å². The summed E-state index contributed by atoms with van der Waals surface area (Å²) in [5.74, 6) is 2.44. The SMILES string of the molecule is CCS(=O)(=O)CCNC(=NC)N1CC2C3CCC(O3)C2C1.I. The average molecular weight is 443 g/mol. The van der Waals surface area contributed by atoms with Crippen molar-refractivity contribution in [3.63, 3.8) is 0 Å². The Morgan fingerprint density at radius 2 is 1.86 bits per heavy atom. The molecule has 8 heteroatoms. The van der Waals surface area contributed by atoms with Gasteiger partial charge < -0.3 is 15.0 Å². The van der Waals surface area contributed by atoms with E-state index >= 15 is 0 Å². The summed E-state index contributed by atoms with van der Waals surface area (Å²) in [5, 5.41) is 3.20. The van der Waals surface area contributed by atoms with Crippen molar-refractivity contribution >= 4 is 39.8 Å². The van der Waals surface area contributed by atoms with E-state index in [1.807, 2.05) is 0 Å². The van der Waals surface area contributed by atoms with Crippen molar-refractivity contribution in [3.8, 4) is 0 Å². The zero-order chi connectivity index (χ0) is 15.0. The van der Waals surface area contributed by atoms with Crippen LogP contribution in [0.2, 0.25) is 0 Å². The number of nitrogens with one attached hydrogen (secondary N) is 1. The minimum absolute atomic E-state index is 0. The summed E-state index contributed by atoms with van der Waals surface area (Å²) >= 11 is 0. The van der Waals surface area contributed by atoms with Gasteiger partial charge in [0.2, 0.25) is 0 Å². The number of ether oxygens (including phenoxy) is 1. The van der Waals surface area contributed by atoms with Gasteiger partial charge in [0.25, 0.3) is 0 Å². The summed E-state index contributed by atoms with van der Waals surface area (Å²) in [6, 6.07) is 0. The minimum Gasteiger partial charge on any atom is -0.374 e. The second kappa shape index (κ2) is 7.21. The lowest BCUT2D eigenvalue weighted by atomic mass is 9.82. The van der Waals surface area contributed by atoms with Gasteiger partial charge in [-0.15, -0.1) is 24.0 Å². The Bertz CT molecular complexity index is 507. The van der Waals surface area contributed by atoms with E-state index in [-0.39, 0.29) is 35.5 Å². The van der Waals surface area contributed by atoms with Crippen LogP contribution in [0, 0.1) is 11.8 Å². The molecule has 4 unspecified atom stereocenters. The maximum absolute atomic E-state index is 11.5. The van der Waals surface area contributed by atoms with Crippen molar-refractivity contribution in [1.82, 2.24) is 10.2 Å². The van der Waals surface area contributed by atoms with Gasteiger partial charge in [-0.25, -0.2) is 8.42 Å². The van der Waals surface area contributed by atoms with Crippen molar-refractivity contribution in [2.24, 2.45) is 16.8 Å². The molecule has 3 fully saturated rings. The molecule has 2 bridgehead atoms. The lowest BCUT2D eigenvalue weighted by Gasteiger charge is -2.23. The molecule has 4 atom stereocenters. The predicted molar refractivity (Wildman–Crippen MR) is 97.6 cm³/mol. The summed E-state index contributed by atoms with van der Waals surface area (Å²) in [7, 11) is -1.17. The first-order valence-corrected chi connectivity index (χ1v) is 9.67. The average Bonchev–Trinajstić information content (AvgIpc) is 3.15. The van der Waals surface area contributed by atoms with E-state index in [1.165, 1.54) is 12.8 Å². The van der Waals surface area contributed by atoms with Crippen molar-refractivity contribution in [2.45, 2.75) is 32.0 Å². The molecule has 3 rings (SSSR count). The molecule has 3 saturated heterocycles. The van der Waals surface area contributed by atoms with Crippen LogP contribution in [0.4, 0.5) is 0 Å². The number of hydrogen-bond acceptors (Lipinski definition) is 4. The van der Waals surface area contributed by atoms with Gasteiger partial charge in [-0.2, -0.15) is 0 Å². The zero-order valence-corrected chi connectivity index (χ0v) is 16.3. The topological polar surface area (TPSA) is 71.0 Å². The monoisotopic (exact) mass is 443 g/mol. The van der Waals surface area contributed by atoms with E-state index in [4.69, 9.17) is 4.74 Å². The largest absolute Gasteiger partial charge is 0.374 e. The maximum atomic E-state index is 11.5. The van der Waals surface area contributed by atoms with Crippen LogP contribution in [-0.2, 0) is 14.6 Å². The molecular formula is C14H26IN3O3S. The highest BCUT2D eigenvalue weighted by Crippen LogP contribution is 2.47. The molecule has 128 valence electrons. The smallest absolute Gasteiger partial charge is 0.193 e. The Labute approximate surface area is 150 Å².